The first kappa shape index (κ1) is 31.4. The van der Waals surface area contributed by atoms with Crippen LogP contribution in [0.4, 0.5) is 0 Å². The molecule has 0 aromatic heterocycles. The van der Waals surface area contributed by atoms with Crippen molar-refractivity contribution in [3.05, 3.63) is 28.7 Å². The Kier molecular flexibility index (Phi) is 53.6. The van der Waals surface area contributed by atoms with Crippen molar-refractivity contribution in [3.8, 4) is 0 Å². The van der Waals surface area contributed by atoms with Gasteiger partial charge in [-0.3, -0.25) is 0 Å². The van der Waals surface area contributed by atoms with Crippen LogP contribution in [0.2, 0.25) is 5.32 Å². The average Bonchev–Trinajstić information content (AvgIpc) is 2.27. The molecule has 0 heterocycles. The van der Waals surface area contributed by atoms with Gasteiger partial charge >= 0.3 is 79.3 Å². The molecule has 0 amide bonds. The fourth-order valence-corrected chi connectivity index (χ4v) is 0. The fraction of sp³-hybridized carbons (Fsp3) is 1.00. The second-order valence-corrected chi connectivity index (χ2v) is 3.61. The summed E-state index contributed by atoms with van der Waals surface area (Å²) in [6, 6.07) is 0. The molecule has 0 aliphatic rings. The predicted octanol–water partition coefficient (Wildman–Crippen LogP) is -0.0555. The molecule has 9 nitrogen and oxygen atoms in total. The van der Waals surface area contributed by atoms with Crippen molar-refractivity contribution >= 4 is 16.0 Å². The van der Waals surface area contributed by atoms with Crippen LogP contribution in [0.25, 0.3) is 28.7 Å². The molecular formula is C6H20ClCoN5O4Se-3. The molecule has 118 valence electrons. The van der Waals surface area contributed by atoms with Gasteiger partial charge in [-0.15, -0.1) is 0 Å². The topological polar surface area (TPSA) is 203 Å². The first-order chi connectivity index (χ1) is 7.74. The van der Waals surface area contributed by atoms with Crippen molar-refractivity contribution in [2.24, 2.45) is 0 Å². The molecule has 0 radical (unpaired) electrons. The minimum atomic E-state index is -4.19. The molecule has 0 aliphatic heterocycles. The van der Waals surface area contributed by atoms with Gasteiger partial charge in [0.1, 0.15) is 0 Å². The van der Waals surface area contributed by atoms with E-state index in [1.165, 1.54) is 0 Å². The summed E-state index contributed by atoms with van der Waals surface area (Å²) in [5, 5.41) is 0.861. The van der Waals surface area contributed by atoms with Gasteiger partial charge in [0.05, 0.1) is 0 Å². The zero-order valence-corrected chi connectivity index (χ0v) is 13.1. The summed E-state index contributed by atoms with van der Waals surface area (Å²) in [6.45, 7) is 1.46. The Hall–Kier alpha value is 0.956. The van der Waals surface area contributed by atoms with E-state index in [0.29, 0.717) is 6.54 Å². The normalized spacial score (nSPS) is 9.22. The maximum atomic E-state index is 8.83. The molecule has 0 saturated heterocycles. The molecule has 8 N–H and O–H groups in total. The van der Waals surface area contributed by atoms with E-state index < -0.39 is 10.2 Å². The molecule has 0 unspecified atom stereocenters. The van der Waals surface area contributed by atoms with Crippen molar-refractivity contribution in [1.29, 1.82) is 0 Å². The molecule has 18 heavy (non-hydrogen) atoms. The van der Waals surface area contributed by atoms with Crippen LogP contribution in [-0.2, 0) is 16.8 Å². The minimum absolute atomic E-state index is 0. The van der Waals surface area contributed by atoms with Crippen molar-refractivity contribution in [2.45, 2.75) is 5.32 Å². The number of halogens is 1. The molecule has 0 fully saturated rings. The molecular weight excluding hydrogens is 379 g/mol. The standard InChI is InChI=1S/2C2H6N2.C2H6NSe.ClH3O4.Co/c3*3-1-2-4;2-1(3,4)5;/h3*3-4H,1-2H2;2-4H;/q2*-2;-1;;+3/p-1. The summed E-state index contributed by atoms with van der Waals surface area (Å²) in [4.78, 5) is 0. The first-order valence-corrected chi connectivity index (χ1v) is 6.75. The summed E-state index contributed by atoms with van der Waals surface area (Å²) < 4.78 is 30.2. The molecule has 0 atom stereocenters. The Morgan fingerprint density at radius 1 is 0.778 bits per heavy atom. The van der Waals surface area contributed by atoms with Gasteiger partial charge in [-0.1, -0.05) is 0 Å². The van der Waals surface area contributed by atoms with Crippen LogP contribution in [-0.4, -0.2) is 62.7 Å². The molecule has 0 aromatic carbocycles. The summed E-state index contributed by atoms with van der Waals surface area (Å²) in [7, 11) is -4.19. The van der Waals surface area contributed by atoms with Crippen LogP contribution >= 0.6 is 0 Å². The Morgan fingerprint density at radius 2 is 0.889 bits per heavy atom. The van der Waals surface area contributed by atoms with E-state index in [1.54, 1.807) is 0 Å². The first-order valence-electron chi connectivity index (χ1n) is 4.22. The van der Waals surface area contributed by atoms with Gasteiger partial charge in [-0.05, 0) is 0 Å². The van der Waals surface area contributed by atoms with Crippen LogP contribution < -0.4 is 4.66 Å². The van der Waals surface area contributed by atoms with Crippen LogP contribution in [0.1, 0.15) is 0 Å². The Labute approximate surface area is 128 Å². The average molecular weight is 400 g/mol. The molecule has 0 spiro atoms. The number of rotatable bonds is 3. The third kappa shape index (κ3) is 276. The number of hydrogen-bond donors (Lipinski definition) is 3. The van der Waals surface area contributed by atoms with Crippen LogP contribution in [0.15, 0.2) is 0 Å². The number of hydrogen-bond acceptors (Lipinski definition) is 4. The third-order valence-electron chi connectivity index (χ3n) is 0.352. The van der Waals surface area contributed by atoms with E-state index in [-0.39, 0.29) is 43.0 Å². The second kappa shape index (κ2) is 30.8. The van der Waals surface area contributed by atoms with Gasteiger partial charge in [0.2, 0.25) is 0 Å². The van der Waals surface area contributed by atoms with E-state index in [4.69, 9.17) is 47.3 Å². The van der Waals surface area contributed by atoms with Gasteiger partial charge < -0.3 is 22.9 Å². The van der Waals surface area contributed by atoms with Crippen LogP contribution in [0, 0.1) is 10.2 Å². The van der Waals surface area contributed by atoms with E-state index in [0.717, 1.165) is 5.32 Å². The van der Waals surface area contributed by atoms with Gasteiger partial charge in [0.15, 0.2) is 0 Å². The quantitative estimate of drug-likeness (QED) is 0.558. The number of nitrogens with one attached hydrogen (secondary N) is 5. The molecule has 0 aliphatic carbocycles. The van der Waals surface area contributed by atoms with E-state index in [2.05, 4.69) is 16.0 Å². The second-order valence-electron chi connectivity index (χ2n) is 1.89. The summed E-state index contributed by atoms with van der Waals surface area (Å²) in [5.41, 5.74) is 31.5. The molecule has 0 aromatic rings. The molecule has 0 bridgehead atoms. The van der Waals surface area contributed by atoms with Crippen molar-refractivity contribution in [3.63, 3.8) is 0 Å². The van der Waals surface area contributed by atoms with Crippen LogP contribution in [0.3, 0.4) is 0 Å². The van der Waals surface area contributed by atoms with E-state index in [9.17, 15) is 0 Å². The van der Waals surface area contributed by atoms with Gasteiger partial charge in [0, 0.05) is 0 Å². The fourth-order valence-electron chi connectivity index (χ4n) is 0. The Bertz CT molecular complexity index is 95.0. The van der Waals surface area contributed by atoms with Crippen molar-refractivity contribution in [1.82, 2.24) is 0 Å². The third-order valence-corrected chi connectivity index (χ3v) is 0.780. The maximum absolute atomic E-state index is 8.83. The molecule has 0 rings (SSSR count). The van der Waals surface area contributed by atoms with Crippen LogP contribution in [0.5, 0.6) is 0 Å². The van der Waals surface area contributed by atoms with Gasteiger partial charge in [-0.2, -0.15) is 26.2 Å². The van der Waals surface area contributed by atoms with E-state index >= 15 is 0 Å². The molecule has 12 heteroatoms. The molecule has 0 saturated carbocycles. The van der Waals surface area contributed by atoms with Crippen molar-refractivity contribution < 1.29 is 45.7 Å². The summed E-state index contributed by atoms with van der Waals surface area (Å²) in [6.07, 6.45) is 0. The van der Waals surface area contributed by atoms with Gasteiger partial charge in [0.25, 0.3) is 0 Å². The van der Waals surface area contributed by atoms with Crippen molar-refractivity contribution in [2.75, 3.05) is 32.7 Å². The monoisotopic (exact) mass is 400 g/mol. The Balaban J connectivity index is -0.0000000412. The van der Waals surface area contributed by atoms with E-state index in [1.807, 2.05) is 0 Å². The SMILES string of the molecule is [Co+3].[NH-]CC[NH-].[NH-]CC[NH-].[NH-]CC[Se-].[O-][Cl+](O)(O)O. The summed E-state index contributed by atoms with van der Waals surface area (Å²) >= 11 is 2.70. The Morgan fingerprint density at radius 3 is 0.889 bits per heavy atom. The summed E-state index contributed by atoms with van der Waals surface area (Å²) in [5.74, 6) is 0. The zero-order valence-electron chi connectivity index (χ0n) is 9.61. The van der Waals surface area contributed by atoms with Gasteiger partial charge in [-0.25, -0.2) is 0 Å². The predicted molar refractivity (Wildman–Crippen MR) is 63.2 cm³/mol. The zero-order chi connectivity index (χ0) is 14.7.